The van der Waals surface area contributed by atoms with Crippen molar-refractivity contribution in [2.24, 2.45) is 0 Å². The lowest BCUT2D eigenvalue weighted by Crippen LogP contribution is -2.21. The van der Waals surface area contributed by atoms with Gasteiger partial charge < -0.3 is 9.22 Å². The zero-order valence-corrected chi connectivity index (χ0v) is 16.8. The van der Waals surface area contributed by atoms with Gasteiger partial charge in [-0.2, -0.15) is 0 Å². The summed E-state index contributed by atoms with van der Waals surface area (Å²) in [5.41, 5.74) is 0.104. The minimum Gasteiger partial charge on any atom is -0.442 e. The van der Waals surface area contributed by atoms with Crippen molar-refractivity contribution in [1.82, 2.24) is 0 Å². The van der Waals surface area contributed by atoms with E-state index in [0.717, 1.165) is 0 Å². The molecular formula is C14H36O2Si2. The van der Waals surface area contributed by atoms with Gasteiger partial charge in [-0.15, -0.1) is 0 Å². The van der Waals surface area contributed by atoms with Crippen molar-refractivity contribution in [2.75, 3.05) is 0 Å². The maximum atomic E-state index is 7.14. The molecule has 4 heteroatoms. The van der Waals surface area contributed by atoms with Gasteiger partial charge >= 0.3 is 0 Å². The normalized spacial score (nSPS) is 11.8. The highest BCUT2D eigenvalue weighted by molar-refractivity contribution is 6.27. The van der Waals surface area contributed by atoms with Crippen LogP contribution >= 0.6 is 0 Å². The van der Waals surface area contributed by atoms with Gasteiger partial charge in [0.2, 0.25) is 0 Å². The summed E-state index contributed by atoms with van der Waals surface area (Å²) in [4.78, 5) is 7.14. The molecule has 0 aliphatic carbocycles. The highest BCUT2D eigenvalue weighted by Crippen LogP contribution is 2.11. The molecule has 0 aliphatic rings. The molecule has 0 bridgehead atoms. The summed E-state index contributed by atoms with van der Waals surface area (Å²) in [6.07, 6.45) is 11.4. The number of rotatable bonds is 10. The molecular weight excluding hydrogens is 256 g/mol. The third kappa shape index (κ3) is 21.6. The van der Waals surface area contributed by atoms with Crippen molar-refractivity contribution in [3.8, 4) is 0 Å². The first kappa shape index (κ1) is 20.7. The topological polar surface area (TPSA) is 29.5 Å². The first-order chi connectivity index (χ1) is 8.56. The molecule has 0 aromatic heterocycles. The molecule has 18 heavy (non-hydrogen) atoms. The fourth-order valence-electron chi connectivity index (χ4n) is 1.79. The Hall–Kier alpha value is 0.354. The SMILES string of the molecule is CCCCCCCCCC[SiH2]OC(C)(C)C.O[SiH3]. The van der Waals surface area contributed by atoms with Crippen molar-refractivity contribution in [3.05, 3.63) is 0 Å². The summed E-state index contributed by atoms with van der Waals surface area (Å²) < 4.78 is 5.83. The van der Waals surface area contributed by atoms with Crippen LogP contribution in [0.1, 0.15) is 79.1 Å². The first-order valence-electron chi connectivity index (χ1n) is 7.65. The average molecular weight is 293 g/mol. The van der Waals surface area contributed by atoms with Gasteiger partial charge in [-0.1, -0.05) is 58.3 Å². The fourth-order valence-corrected chi connectivity index (χ4v) is 3.11. The van der Waals surface area contributed by atoms with Crippen LogP contribution in [0.3, 0.4) is 0 Å². The summed E-state index contributed by atoms with van der Waals surface area (Å²) in [6.45, 7) is 8.76. The second-order valence-electron chi connectivity index (χ2n) is 5.79. The molecule has 0 fully saturated rings. The molecule has 112 valence electrons. The standard InChI is InChI=1S/C14H32OSi.H4OSi/c1-5-6-7-8-9-10-11-12-13-16-15-14(2,3)4;1-2/h5-13,16H2,1-4H3;1H,2H3. The molecule has 0 aliphatic heterocycles. The van der Waals surface area contributed by atoms with E-state index in [1.807, 2.05) is 0 Å². The van der Waals surface area contributed by atoms with Crippen LogP contribution in [0.15, 0.2) is 0 Å². The van der Waals surface area contributed by atoms with Gasteiger partial charge in [0.15, 0.2) is 9.76 Å². The summed E-state index contributed by atoms with van der Waals surface area (Å²) in [7, 11) is 0.0651. The molecule has 0 aromatic carbocycles. The molecule has 0 saturated heterocycles. The quantitative estimate of drug-likeness (QED) is 0.495. The Morgan fingerprint density at radius 2 is 1.33 bits per heavy atom. The Balaban J connectivity index is 0. The lowest BCUT2D eigenvalue weighted by molar-refractivity contribution is 0.138. The zero-order valence-electron chi connectivity index (χ0n) is 13.4. The molecule has 0 spiro atoms. The predicted molar refractivity (Wildman–Crippen MR) is 89.0 cm³/mol. The number of hydrogen-bond donors (Lipinski definition) is 1. The van der Waals surface area contributed by atoms with Crippen molar-refractivity contribution in [3.63, 3.8) is 0 Å². The molecule has 0 saturated carbocycles. The Morgan fingerprint density at radius 3 is 1.78 bits per heavy atom. The molecule has 2 nitrogen and oxygen atoms in total. The summed E-state index contributed by atoms with van der Waals surface area (Å²) in [5.74, 6) is 0. The minimum absolute atomic E-state index is 0.104. The van der Waals surface area contributed by atoms with Gasteiger partial charge in [0.1, 0.15) is 10.5 Å². The fraction of sp³-hybridized carbons (Fsp3) is 1.00. The third-order valence-electron chi connectivity index (χ3n) is 2.78. The average Bonchev–Trinajstić information content (AvgIpc) is 2.33. The van der Waals surface area contributed by atoms with Crippen molar-refractivity contribution in [2.45, 2.75) is 90.7 Å². The maximum Gasteiger partial charge on any atom is 0.162 e. The van der Waals surface area contributed by atoms with E-state index in [1.54, 1.807) is 0 Å². The smallest absolute Gasteiger partial charge is 0.162 e. The molecule has 0 rings (SSSR count). The maximum absolute atomic E-state index is 7.14. The van der Waals surface area contributed by atoms with Gasteiger partial charge in [-0.3, -0.25) is 0 Å². The number of hydrogen-bond acceptors (Lipinski definition) is 2. The van der Waals surface area contributed by atoms with Crippen LogP contribution in [0, 0.1) is 0 Å². The Kier molecular flexibility index (Phi) is 17.7. The lowest BCUT2D eigenvalue weighted by Gasteiger charge is -2.19. The van der Waals surface area contributed by atoms with E-state index in [4.69, 9.17) is 9.22 Å². The van der Waals surface area contributed by atoms with Crippen LogP contribution in [0.25, 0.3) is 0 Å². The van der Waals surface area contributed by atoms with E-state index < -0.39 is 0 Å². The van der Waals surface area contributed by atoms with Crippen LogP contribution in [-0.2, 0) is 4.43 Å². The monoisotopic (exact) mass is 292 g/mol. The number of unbranched alkanes of at least 4 members (excludes halogenated alkanes) is 7. The van der Waals surface area contributed by atoms with E-state index in [0.29, 0.717) is 10.5 Å². The van der Waals surface area contributed by atoms with E-state index in [9.17, 15) is 0 Å². The van der Waals surface area contributed by atoms with Gasteiger partial charge in [0, 0.05) is 5.60 Å². The van der Waals surface area contributed by atoms with Crippen LogP contribution in [0.5, 0.6) is 0 Å². The van der Waals surface area contributed by atoms with Gasteiger partial charge in [-0.05, 0) is 26.8 Å². The van der Waals surface area contributed by atoms with Crippen LogP contribution in [0.4, 0.5) is 0 Å². The Bertz CT molecular complexity index is 147. The lowest BCUT2D eigenvalue weighted by atomic mass is 10.1. The van der Waals surface area contributed by atoms with Crippen LogP contribution in [0.2, 0.25) is 6.04 Å². The molecule has 0 heterocycles. The van der Waals surface area contributed by atoms with E-state index in [1.165, 1.54) is 57.4 Å². The molecule has 0 aromatic rings. The van der Waals surface area contributed by atoms with Crippen molar-refractivity contribution >= 4 is 20.2 Å². The Morgan fingerprint density at radius 1 is 0.889 bits per heavy atom. The summed E-state index contributed by atoms with van der Waals surface area (Å²) in [6, 6.07) is 1.37. The molecule has 0 amide bonds. The van der Waals surface area contributed by atoms with Gasteiger partial charge in [-0.25, -0.2) is 0 Å². The third-order valence-corrected chi connectivity index (χ3v) is 4.64. The largest absolute Gasteiger partial charge is 0.442 e. The van der Waals surface area contributed by atoms with Crippen LogP contribution < -0.4 is 0 Å². The highest BCUT2D eigenvalue weighted by atomic mass is 28.2. The van der Waals surface area contributed by atoms with Crippen molar-refractivity contribution in [1.29, 1.82) is 0 Å². The second kappa shape index (κ2) is 15.4. The zero-order chi connectivity index (χ0) is 14.3. The summed E-state index contributed by atoms with van der Waals surface area (Å²) >= 11 is 0. The highest BCUT2D eigenvalue weighted by Gasteiger charge is 2.08. The van der Waals surface area contributed by atoms with E-state index >= 15 is 0 Å². The Labute approximate surface area is 120 Å². The predicted octanol–water partition coefficient (Wildman–Crippen LogP) is 2.70. The molecule has 0 atom stereocenters. The van der Waals surface area contributed by atoms with Gasteiger partial charge in [0.05, 0.1) is 0 Å². The molecule has 1 N–H and O–H groups in total. The molecule has 0 unspecified atom stereocenters. The first-order valence-corrected chi connectivity index (χ1v) is 10.1. The van der Waals surface area contributed by atoms with Crippen LogP contribution in [-0.4, -0.2) is 30.6 Å². The second-order valence-corrected chi connectivity index (χ2v) is 7.19. The van der Waals surface area contributed by atoms with Gasteiger partial charge in [0.25, 0.3) is 0 Å². The van der Waals surface area contributed by atoms with Crippen molar-refractivity contribution < 1.29 is 9.22 Å². The minimum atomic E-state index is -0.240. The molecule has 0 radical (unpaired) electrons. The van der Waals surface area contributed by atoms with E-state index in [2.05, 4.69) is 27.7 Å². The van der Waals surface area contributed by atoms with E-state index in [-0.39, 0.29) is 15.4 Å². The summed E-state index contributed by atoms with van der Waals surface area (Å²) in [5, 5.41) is 0.